The van der Waals surface area contributed by atoms with E-state index in [1.54, 1.807) is 13.2 Å². The summed E-state index contributed by atoms with van der Waals surface area (Å²) in [4.78, 5) is 16.2. The van der Waals surface area contributed by atoms with Gasteiger partial charge in [0.05, 0.1) is 11.8 Å². The summed E-state index contributed by atoms with van der Waals surface area (Å²) in [6.45, 7) is 6.80. The number of aryl methyl sites for hydroxylation is 1. The SMILES string of the molecule is Cc1ccc(-c2nc(CCNC(=O)NCC(C)CC(C)O)co2)cc1. The maximum absolute atomic E-state index is 11.8. The van der Waals surface area contributed by atoms with Gasteiger partial charge in [-0.1, -0.05) is 24.6 Å². The zero-order valence-electron chi connectivity index (χ0n) is 15.1. The lowest BCUT2D eigenvalue weighted by molar-refractivity contribution is 0.163. The highest BCUT2D eigenvalue weighted by molar-refractivity contribution is 5.73. The standard InChI is InChI=1S/C19H27N3O3/c1-13-4-6-16(7-5-13)18-22-17(12-25-18)8-9-20-19(24)21-11-14(2)10-15(3)23/h4-7,12,14-15,23H,8-11H2,1-3H3,(H2,20,21,24). The molecule has 0 spiro atoms. The van der Waals surface area contributed by atoms with Gasteiger partial charge >= 0.3 is 6.03 Å². The number of nitrogens with one attached hydrogen (secondary N) is 2. The summed E-state index contributed by atoms with van der Waals surface area (Å²) in [5.74, 6) is 0.824. The van der Waals surface area contributed by atoms with E-state index in [0.29, 0.717) is 31.8 Å². The van der Waals surface area contributed by atoms with Crippen molar-refractivity contribution in [1.29, 1.82) is 0 Å². The molecule has 0 bridgehead atoms. The molecule has 2 unspecified atom stereocenters. The van der Waals surface area contributed by atoms with Crippen molar-refractivity contribution in [3.63, 3.8) is 0 Å². The van der Waals surface area contributed by atoms with Gasteiger partial charge in [-0.2, -0.15) is 0 Å². The third kappa shape index (κ3) is 6.58. The Balaban J connectivity index is 1.71. The molecule has 6 heteroatoms. The van der Waals surface area contributed by atoms with Crippen LogP contribution < -0.4 is 10.6 Å². The smallest absolute Gasteiger partial charge is 0.314 e. The number of oxazole rings is 1. The first-order chi connectivity index (χ1) is 11.9. The molecule has 25 heavy (non-hydrogen) atoms. The van der Waals surface area contributed by atoms with Crippen LogP contribution in [0.15, 0.2) is 34.9 Å². The molecule has 0 aliphatic heterocycles. The minimum Gasteiger partial charge on any atom is -0.444 e. The van der Waals surface area contributed by atoms with Crippen molar-refractivity contribution in [3.8, 4) is 11.5 Å². The average Bonchev–Trinajstić information content (AvgIpc) is 3.02. The van der Waals surface area contributed by atoms with Gasteiger partial charge in [-0.15, -0.1) is 0 Å². The van der Waals surface area contributed by atoms with E-state index in [2.05, 4.69) is 15.6 Å². The molecular formula is C19H27N3O3. The van der Waals surface area contributed by atoms with Crippen LogP contribution >= 0.6 is 0 Å². The van der Waals surface area contributed by atoms with Crippen LogP contribution in [-0.2, 0) is 6.42 Å². The highest BCUT2D eigenvalue weighted by atomic mass is 16.3. The quantitative estimate of drug-likeness (QED) is 0.686. The lowest BCUT2D eigenvalue weighted by atomic mass is 10.1. The van der Waals surface area contributed by atoms with E-state index in [1.165, 1.54) is 5.56 Å². The third-order valence-corrected chi connectivity index (χ3v) is 3.87. The number of aromatic nitrogens is 1. The molecule has 2 atom stereocenters. The van der Waals surface area contributed by atoms with Gasteiger partial charge in [0.25, 0.3) is 0 Å². The monoisotopic (exact) mass is 345 g/mol. The summed E-state index contributed by atoms with van der Waals surface area (Å²) in [5, 5.41) is 14.9. The lowest BCUT2D eigenvalue weighted by Crippen LogP contribution is -2.39. The Morgan fingerprint density at radius 3 is 2.64 bits per heavy atom. The van der Waals surface area contributed by atoms with Crippen molar-refractivity contribution in [2.75, 3.05) is 13.1 Å². The van der Waals surface area contributed by atoms with E-state index in [1.807, 2.05) is 38.1 Å². The molecule has 1 aromatic heterocycles. The maximum atomic E-state index is 11.8. The Labute approximate surface area is 148 Å². The van der Waals surface area contributed by atoms with Crippen LogP contribution in [0.1, 0.15) is 31.5 Å². The van der Waals surface area contributed by atoms with Crippen LogP contribution in [0.3, 0.4) is 0 Å². The minimum absolute atomic E-state index is 0.209. The first-order valence-corrected chi connectivity index (χ1v) is 8.65. The highest BCUT2D eigenvalue weighted by Crippen LogP contribution is 2.19. The fraction of sp³-hybridized carbons (Fsp3) is 0.474. The second-order valence-electron chi connectivity index (χ2n) is 6.59. The van der Waals surface area contributed by atoms with Crippen molar-refractivity contribution < 1.29 is 14.3 Å². The van der Waals surface area contributed by atoms with E-state index < -0.39 is 0 Å². The number of aliphatic hydroxyl groups excluding tert-OH is 1. The summed E-state index contributed by atoms with van der Waals surface area (Å²) in [6, 6.07) is 7.78. The molecule has 3 N–H and O–H groups in total. The molecule has 2 amide bonds. The van der Waals surface area contributed by atoms with Crippen LogP contribution in [0.5, 0.6) is 0 Å². The van der Waals surface area contributed by atoms with Gasteiger partial charge in [-0.25, -0.2) is 9.78 Å². The van der Waals surface area contributed by atoms with E-state index >= 15 is 0 Å². The predicted molar refractivity (Wildman–Crippen MR) is 97.2 cm³/mol. The number of hydrogen-bond acceptors (Lipinski definition) is 4. The van der Waals surface area contributed by atoms with Crippen molar-refractivity contribution in [1.82, 2.24) is 15.6 Å². The van der Waals surface area contributed by atoms with Gasteiger partial charge in [0.15, 0.2) is 0 Å². The summed E-state index contributed by atoms with van der Waals surface area (Å²) < 4.78 is 5.50. The summed E-state index contributed by atoms with van der Waals surface area (Å²) in [6.07, 6.45) is 2.54. The van der Waals surface area contributed by atoms with Gasteiger partial charge in [0, 0.05) is 25.1 Å². The van der Waals surface area contributed by atoms with Crippen molar-refractivity contribution in [2.45, 2.75) is 39.7 Å². The zero-order valence-corrected chi connectivity index (χ0v) is 15.1. The van der Waals surface area contributed by atoms with E-state index in [9.17, 15) is 9.90 Å². The largest absolute Gasteiger partial charge is 0.444 e. The first-order valence-electron chi connectivity index (χ1n) is 8.65. The normalized spacial score (nSPS) is 13.3. The van der Waals surface area contributed by atoms with Crippen molar-refractivity contribution >= 4 is 6.03 Å². The van der Waals surface area contributed by atoms with Gasteiger partial charge in [0.2, 0.25) is 5.89 Å². The Morgan fingerprint density at radius 1 is 1.24 bits per heavy atom. The lowest BCUT2D eigenvalue weighted by Gasteiger charge is -2.14. The van der Waals surface area contributed by atoms with Crippen LogP contribution in [0.4, 0.5) is 4.79 Å². The maximum Gasteiger partial charge on any atom is 0.314 e. The predicted octanol–water partition coefficient (Wildman–Crippen LogP) is 2.90. The molecule has 2 aromatic rings. The van der Waals surface area contributed by atoms with E-state index in [-0.39, 0.29) is 18.1 Å². The van der Waals surface area contributed by atoms with Gasteiger partial charge < -0.3 is 20.2 Å². The van der Waals surface area contributed by atoms with Gasteiger partial charge in [-0.3, -0.25) is 0 Å². The van der Waals surface area contributed by atoms with Gasteiger partial charge in [-0.05, 0) is 38.3 Å². The summed E-state index contributed by atoms with van der Waals surface area (Å²) in [7, 11) is 0. The molecule has 0 aliphatic rings. The number of carbonyl (C=O) groups is 1. The molecule has 1 heterocycles. The Bertz CT molecular complexity index is 665. The molecule has 6 nitrogen and oxygen atoms in total. The zero-order chi connectivity index (χ0) is 18.2. The number of amides is 2. The number of aliphatic hydroxyl groups is 1. The second-order valence-corrected chi connectivity index (χ2v) is 6.59. The van der Waals surface area contributed by atoms with E-state index in [0.717, 1.165) is 11.3 Å². The molecule has 136 valence electrons. The van der Waals surface area contributed by atoms with Gasteiger partial charge in [0.1, 0.15) is 6.26 Å². The Morgan fingerprint density at radius 2 is 1.96 bits per heavy atom. The molecular weight excluding hydrogens is 318 g/mol. The topological polar surface area (TPSA) is 87.4 Å². The fourth-order valence-corrected chi connectivity index (χ4v) is 2.55. The summed E-state index contributed by atoms with van der Waals surface area (Å²) in [5.41, 5.74) is 2.93. The van der Waals surface area contributed by atoms with Crippen molar-refractivity contribution in [3.05, 3.63) is 41.8 Å². The molecule has 2 rings (SSSR count). The third-order valence-electron chi connectivity index (χ3n) is 3.87. The first kappa shape index (κ1) is 19.0. The van der Waals surface area contributed by atoms with Crippen LogP contribution in [-0.4, -0.2) is 35.3 Å². The number of urea groups is 1. The molecule has 1 aromatic carbocycles. The average molecular weight is 345 g/mol. The molecule has 0 radical (unpaired) electrons. The van der Waals surface area contributed by atoms with Crippen LogP contribution in [0.25, 0.3) is 11.5 Å². The van der Waals surface area contributed by atoms with Crippen LogP contribution in [0.2, 0.25) is 0 Å². The molecule has 0 saturated heterocycles. The number of rotatable bonds is 8. The van der Waals surface area contributed by atoms with Crippen molar-refractivity contribution in [2.24, 2.45) is 5.92 Å². The highest BCUT2D eigenvalue weighted by Gasteiger charge is 2.09. The second kappa shape index (κ2) is 9.22. The Kier molecular flexibility index (Phi) is 7.01. The summed E-state index contributed by atoms with van der Waals surface area (Å²) >= 11 is 0. The minimum atomic E-state index is -0.352. The Hall–Kier alpha value is -2.34. The fourth-order valence-electron chi connectivity index (χ4n) is 2.55. The number of carbonyl (C=O) groups excluding carboxylic acids is 1. The molecule has 0 fully saturated rings. The van der Waals surface area contributed by atoms with Crippen LogP contribution in [0, 0.1) is 12.8 Å². The van der Waals surface area contributed by atoms with E-state index in [4.69, 9.17) is 4.42 Å². The number of benzene rings is 1. The molecule has 0 aliphatic carbocycles. The molecule has 0 saturated carbocycles. The number of hydrogen-bond donors (Lipinski definition) is 3. The number of nitrogens with zero attached hydrogens (tertiary/aromatic N) is 1.